The highest BCUT2D eigenvalue weighted by Gasteiger charge is 2.11. The lowest BCUT2D eigenvalue weighted by molar-refractivity contribution is -0.111. The van der Waals surface area contributed by atoms with Crippen molar-refractivity contribution < 1.29 is 14.7 Å². The first-order valence-corrected chi connectivity index (χ1v) is 6.30. The van der Waals surface area contributed by atoms with Crippen molar-refractivity contribution in [3.8, 4) is 0 Å². The summed E-state index contributed by atoms with van der Waals surface area (Å²) in [4.78, 5) is 26.5. The standard InChI is InChI=1S/C16H14N2O3/c1-11-4-2-5-12(10-11)7-8-14(19)18-13-6-3-9-17-15(13)16(20)21/h2-10H,1H3,(H,18,19)(H,20,21)/b8-7+. The van der Waals surface area contributed by atoms with Crippen LogP contribution in [0.4, 0.5) is 5.69 Å². The molecule has 0 atom stereocenters. The molecule has 106 valence electrons. The summed E-state index contributed by atoms with van der Waals surface area (Å²) in [6, 6.07) is 10.7. The molecule has 0 saturated heterocycles. The molecule has 5 heteroatoms. The normalized spacial score (nSPS) is 10.5. The largest absolute Gasteiger partial charge is 0.476 e. The maximum atomic E-state index is 11.8. The summed E-state index contributed by atoms with van der Waals surface area (Å²) < 4.78 is 0. The first kappa shape index (κ1) is 14.5. The lowest BCUT2D eigenvalue weighted by atomic mass is 10.1. The SMILES string of the molecule is Cc1cccc(/C=C/C(=O)Nc2cccnc2C(=O)O)c1. The molecular weight excluding hydrogens is 268 g/mol. The van der Waals surface area contributed by atoms with Crippen LogP contribution in [-0.2, 0) is 4.79 Å². The molecule has 1 amide bonds. The smallest absolute Gasteiger partial charge is 0.356 e. The first-order chi connectivity index (χ1) is 10.1. The highest BCUT2D eigenvalue weighted by molar-refractivity contribution is 6.05. The monoisotopic (exact) mass is 282 g/mol. The number of hydrogen-bond donors (Lipinski definition) is 2. The van der Waals surface area contributed by atoms with Crippen LogP contribution in [0.3, 0.4) is 0 Å². The van der Waals surface area contributed by atoms with E-state index >= 15 is 0 Å². The van der Waals surface area contributed by atoms with Gasteiger partial charge in [-0.1, -0.05) is 29.8 Å². The number of nitrogens with zero attached hydrogens (tertiary/aromatic N) is 1. The van der Waals surface area contributed by atoms with Crippen molar-refractivity contribution in [1.29, 1.82) is 0 Å². The number of aryl methyl sites for hydroxylation is 1. The molecule has 0 aliphatic rings. The number of amides is 1. The topological polar surface area (TPSA) is 79.3 Å². The zero-order valence-electron chi connectivity index (χ0n) is 11.4. The Morgan fingerprint density at radius 2 is 2.05 bits per heavy atom. The number of nitrogens with one attached hydrogen (secondary N) is 1. The van der Waals surface area contributed by atoms with Gasteiger partial charge in [0.25, 0.3) is 0 Å². The summed E-state index contributed by atoms with van der Waals surface area (Å²) in [6.45, 7) is 1.96. The molecule has 21 heavy (non-hydrogen) atoms. The van der Waals surface area contributed by atoms with Gasteiger partial charge in [0.1, 0.15) is 0 Å². The van der Waals surface area contributed by atoms with E-state index in [9.17, 15) is 9.59 Å². The summed E-state index contributed by atoms with van der Waals surface area (Å²) in [7, 11) is 0. The Morgan fingerprint density at radius 3 is 2.76 bits per heavy atom. The highest BCUT2D eigenvalue weighted by atomic mass is 16.4. The van der Waals surface area contributed by atoms with Crippen molar-refractivity contribution in [3.05, 3.63) is 65.5 Å². The lowest BCUT2D eigenvalue weighted by Gasteiger charge is -2.04. The van der Waals surface area contributed by atoms with Crippen molar-refractivity contribution >= 4 is 23.6 Å². The maximum Gasteiger partial charge on any atom is 0.356 e. The number of aromatic nitrogens is 1. The van der Waals surface area contributed by atoms with Crippen LogP contribution in [-0.4, -0.2) is 22.0 Å². The third-order valence-corrected chi connectivity index (χ3v) is 2.74. The molecule has 2 aromatic rings. The summed E-state index contributed by atoms with van der Waals surface area (Å²) in [5.74, 6) is -1.60. The van der Waals surface area contributed by atoms with Gasteiger partial charge in [-0.3, -0.25) is 4.79 Å². The molecule has 0 saturated carbocycles. The number of rotatable bonds is 4. The van der Waals surface area contributed by atoms with Gasteiger partial charge in [-0.05, 0) is 30.7 Å². The van der Waals surface area contributed by atoms with Gasteiger partial charge in [0.15, 0.2) is 5.69 Å². The molecule has 5 nitrogen and oxygen atoms in total. The van der Waals surface area contributed by atoms with Crippen molar-refractivity contribution in [3.63, 3.8) is 0 Å². The summed E-state index contributed by atoms with van der Waals surface area (Å²) >= 11 is 0. The number of anilines is 1. The predicted molar refractivity (Wildman–Crippen MR) is 80.0 cm³/mol. The van der Waals surface area contributed by atoms with E-state index < -0.39 is 11.9 Å². The van der Waals surface area contributed by atoms with E-state index in [1.807, 2.05) is 31.2 Å². The Morgan fingerprint density at radius 1 is 1.24 bits per heavy atom. The molecule has 0 aliphatic heterocycles. The number of benzene rings is 1. The summed E-state index contributed by atoms with van der Waals surface area (Å²) in [5.41, 5.74) is 1.98. The van der Waals surface area contributed by atoms with Crippen LogP contribution in [0.25, 0.3) is 6.08 Å². The molecule has 1 heterocycles. The zero-order valence-corrected chi connectivity index (χ0v) is 11.4. The molecule has 2 N–H and O–H groups in total. The third kappa shape index (κ3) is 4.01. The zero-order chi connectivity index (χ0) is 15.2. The molecular formula is C16H14N2O3. The Balaban J connectivity index is 2.10. The summed E-state index contributed by atoms with van der Waals surface area (Å²) in [5, 5.41) is 11.5. The predicted octanol–water partition coefficient (Wildman–Crippen LogP) is 2.74. The lowest BCUT2D eigenvalue weighted by Crippen LogP contribution is -2.13. The quantitative estimate of drug-likeness (QED) is 0.845. The average Bonchev–Trinajstić information content (AvgIpc) is 2.45. The summed E-state index contributed by atoms with van der Waals surface area (Å²) in [6.07, 6.45) is 4.38. The second-order valence-corrected chi connectivity index (χ2v) is 4.44. The van der Waals surface area contributed by atoms with Crippen LogP contribution >= 0.6 is 0 Å². The van der Waals surface area contributed by atoms with Crippen molar-refractivity contribution in [2.24, 2.45) is 0 Å². The van der Waals surface area contributed by atoms with E-state index in [0.29, 0.717) is 0 Å². The minimum Gasteiger partial charge on any atom is -0.476 e. The fraction of sp³-hybridized carbons (Fsp3) is 0.0625. The maximum absolute atomic E-state index is 11.8. The number of aromatic carboxylic acids is 1. The van der Waals surface area contributed by atoms with E-state index in [2.05, 4.69) is 10.3 Å². The number of carbonyl (C=O) groups excluding carboxylic acids is 1. The number of carbonyl (C=O) groups is 2. The Labute approximate surface area is 122 Å². The Kier molecular flexibility index (Phi) is 4.46. The molecule has 0 aliphatic carbocycles. The molecule has 1 aromatic carbocycles. The third-order valence-electron chi connectivity index (χ3n) is 2.74. The second-order valence-electron chi connectivity index (χ2n) is 4.44. The molecule has 1 aromatic heterocycles. The van der Waals surface area contributed by atoms with E-state index in [0.717, 1.165) is 11.1 Å². The van der Waals surface area contributed by atoms with E-state index in [4.69, 9.17) is 5.11 Å². The minimum absolute atomic E-state index is 0.170. The van der Waals surface area contributed by atoms with Gasteiger partial charge in [0.05, 0.1) is 5.69 Å². The van der Waals surface area contributed by atoms with Gasteiger partial charge in [-0.25, -0.2) is 9.78 Å². The number of hydrogen-bond acceptors (Lipinski definition) is 3. The van der Waals surface area contributed by atoms with Crippen LogP contribution in [0, 0.1) is 6.92 Å². The van der Waals surface area contributed by atoms with Gasteiger partial charge in [0, 0.05) is 12.3 Å². The molecule has 2 rings (SSSR count). The second kappa shape index (κ2) is 6.47. The fourth-order valence-corrected chi connectivity index (χ4v) is 1.80. The Bertz CT molecular complexity index is 708. The first-order valence-electron chi connectivity index (χ1n) is 6.30. The van der Waals surface area contributed by atoms with Crippen LogP contribution < -0.4 is 5.32 Å². The number of carboxylic acids is 1. The highest BCUT2D eigenvalue weighted by Crippen LogP contribution is 2.12. The van der Waals surface area contributed by atoms with E-state index in [1.54, 1.807) is 12.1 Å². The van der Waals surface area contributed by atoms with E-state index in [-0.39, 0.29) is 11.4 Å². The fourth-order valence-electron chi connectivity index (χ4n) is 1.80. The van der Waals surface area contributed by atoms with Gasteiger partial charge in [-0.15, -0.1) is 0 Å². The molecule has 0 bridgehead atoms. The minimum atomic E-state index is -1.19. The van der Waals surface area contributed by atoms with Gasteiger partial charge in [-0.2, -0.15) is 0 Å². The molecule has 0 unspecified atom stereocenters. The average molecular weight is 282 g/mol. The van der Waals surface area contributed by atoms with Gasteiger partial charge < -0.3 is 10.4 Å². The number of pyridine rings is 1. The molecule has 0 spiro atoms. The van der Waals surface area contributed by atoms with Crippen LogP contribution in [0.2, 0.25) is 0 Å². The van der Waals surface area contributed by atoms with Crippen LogP contribution in [0.15, 0.2) is 48.7 Å². The van der Waals surface area contributed by atoms with Gasteiger partial charge in [0.2, 0.25) is 5.91 Å². The van der Waals surface area contributed by atoms with Crippen molar-refractivity contribution in [2.75, 3.05) is 5.32 Å². The van der Waals surface area contributed by atoms with E-state index in [1.165, 1.54) is 18.3 Å². The molecule has 0 radical (unpaired) electrons. The Hall–Kier alpha value is -2.95. The van der Waals surface area contributed by atoms with Crippen molar-refractivity contribution in [2.45, 2.75) is 6.92 Å². The van der Waals surface area contributed by atoms with Crippen LogP contribution in [0.5, 0.6) is 0 Å². The van der Waals surface area contributed by atoms with Crippen molar-refractivity contribution in [1.82, 2.24) is 4.98 Å². The number of carboxylic acid groups (broad SMARTS) is 1. The van der Waals surface area contributed by atoms with Gasteiger partial charge >= 0.3 is 5.97 Å². The molecule has 0 fully saturated rings. The van der Waals surface area contributed by atoms with Crippen LogP contribution in [0.1, 0.15) is 21.6 Å².